The first kappa shape index (κ1) is 22.1. The minimum absolute atomic E-state index is 0.550. The van der Waals surface area contributed by atoms with Crippen molar-refractivity contribution in [1.29, 1.82) is 0 Å². The largest absolute Gasteiger partial charge is 0.477 e. The lowest BCUT2D eigenvalue weighted by molar-refractivity contribution is 0.293. The Morgan fingerprint density at radius 3 is 1.93 bits per heavy atom. The minimum atomic E-state index is -3.09. The van der Waals surface area contributed by atoms with E-state index in [0.717, 1.165) is 34.3 Å². The minimum Gasteiger partial charge on any atom is -0.477 e. The highest BCUT2D eigenvalue weighted by atomic mass is 31.2. The maximum atomic E-state index is 14.8. The second-order valence-electron chi connectivity index (χ2n) is 7.24. The maximum absolute atomic E-state index is 14.8. The van der Waals surface area contributed by atoms with E-state index in [2.05, 4.69) is 11.9 Å². The van der Waals surface area contributed by atoms with E-state index in [1.54, 1.807) is 7.05 Å². The van der Waals surface area contributed by atoms with Crippen LogP contribution in [0.15, 0.2) is 89.9 Å². The zero-order valence-electron chi connectivity index (χ0n) is 17.8. The van der Waals surface area contributed by atoms with E-state index in [1.807, 2.05) is 84.9 Å². The number of hydrogen-bond donors (Lipinski definition) is 0. The Hall–Kier alpha value is -2.64. The molecule has 0 spiro atoms. The van der Waals surface area contributed by atoms with Crippen LogP contribution in [0, 0.1) is 0 Å². The molecule has 3 nitrogen and oxygen atoms in total. The lowest BCUT2D eigenvalue weighted by atomic mass is 10.2. The van der Waals surface area contributed by atoms with Crippen molar-refractivity contribution in [3.8, 4) is 0 Å². The van der Waals surface area contributed by atoms with Crippen molar-refractivity contribution in [2.75, 3.05) is 13.7 Å². The maximum Gasteiger partial charge on any atom is 0.216 e. The highest BCUT2D eigenvalue weighted by Crippen LogP contribution is 2.43. The number of benzene rings is 3. The van der Waals surface area contributed by atoms with Crippen molar-refractivity contribution >= 4 is 29.0 Å². The van der Waals surface area contributed by atoms with Gasteiger partial charge in [0, 0.05) is 28.5 Å². The lowest BCUT2D eigenvalue weighted by Gasteiger charge is -2.23. The van der Waals surface area contributed by atoms with Crippen molar-refractivity contribution < 1.29 is 9.30 Å². The van der Waals surface area contributed by atoms with Crippen LogP contribution >= 0.6 is 7.14 Å². The molecule has 4 heteroatoms. The third-order valence-electron chi connectivity index (χ3n) is 5.15. The summed E-state index contributed by atoms with van der Waals surface area (Å²) in [5, 5.41) is 2.38. The molecule has 0 unspecified atom stereocenters. The van der Waals surface area contributed by atoms with E-state index >= 15 is 0 Å². The zero-order valence-corrected chi connectivity index (χ0v) is 18.7. The Morgan fingerprint density at radius 1 is 0.800 bits per heavy atom. The van der Waals surface area contributed by atoms with Crippen LogP contribution in [0.25, 0.3) is 0 Å². The summed E-state index contributed by atoms with van der Waals surface area (Å²) in [4.78, 5) is 4.41. The highest BCUT2D eigenvalue weighted by molar-refractivity contribution is 7.85. The topological polar surface area (TPSA) is 38.7 Å². The van der Waals surface area contributed by atoms with Crippen molar-refractivity contribution in [2.24, 2.45) is 4.99 Å². The summed E-state index contributed by atoms with van der Waals surface area (Å²) in [7, 11) is -1.36. The second kappa shape index (κ2) is 10.9. The van der Waals surface area contributed by atoms with Crippen LogP contribution in [-0.4, -0.2) is 19.6 Å². The van der Waals surface area contributed by atoms with Gasteiger partial charge in [0.15, 0.2) is 7.14 Å². The number of hydrogen-bond acceptors (Lipinski definition) is 3. The highest BCUT2D eigenvalue weighted by Gasteiger charge is 2.33. The molecule has 0 saturated heterocycles. The number of nitrogens with zero attached hydrogens (tertiary/aromatic N) is 1. The summed E-state index contributed by atoms with van der Waals surface area (Å²) in [6, 6.07) is 27.2. The van der Waals surface area contributed by atoms with Gasteiger partial charge >= 0.3 is 0 Å². The SMILES string of the molecule is CCCCCCO/C(=N\C)c1ccccc1P(=O)(c1ccccc1)c1ccccc1. The summed E-state index contributed by atoms with van der Waals surface area (Å²) >= 11 is 0. The third-order valence-corrected chi connectivity index (χ3v) is 8.27. The number of ether oxygens (including phenoxy) is 1. The lowest BCUT2D eigenvalue weighted by Crippen LogP contribution is -2.29. The predicted molar refractivity (Wildman–Crippen MR) is 128 cm³/mol. The molecule has 30 heavy (non-hydrogen) atoms. The molecule has 0 heterocycles. The fourth-order valence-electron chi connectivity index (χ4n) is 3.59. The van der Waals surface area contributed by atoms with Crippen molar-refractivity contribution in [2.45, 2.75) is 32.6 Å². The van der Waals surface area contributed by atoms with Crippen LogP contribution < -0.4 is 15.9 Å². The van der Waals surface area contributed by atoms with Crippen LogP contribution in [0.1, 0.15) is 38.2 Å². The van der Waals surface area contributed by atoms with Gasteiger partial charge in [-0.15, -0.1) is 0 Å². The average molecular weight is 420 g/mol. The van der Waals surface area contributed by atoms with Crippen molar-refractivity contribution in [3.63, 3.8) is 0 Å². The van der Waals surface area contributed by atoms with E-state index in [1.165, 1.54) is 12.8 Å². The summed E-state index contributed by atoms with van der Waals surface area (Å²) in [5.74, 6) is 0.550. The van der Waals surface area contributed by atoms with Crippen LogP contribution in [0.5, 0.6) is 0 Å². The summed E-state index contributed by atoms with van der Waals surface area (Å²) in [6.07, 6.45) is 4.52. The first-order valence-electron chi connectivity index (χ1n) is 10.6. The molecule has 3 aromatic carbocycles. The van der Waals surface area contributed by atoms with E-state index in [0.29, 0.717) is 12.5 Å². The van der Waals surface area contributed by atoms with Crippen LogP contribution in [0.4, 0.5) is 0 Å². The standard InChI is InChI=1S/C26H30NO2P/c1-3-4-5-14-21-29-26(27-2)24-19-12-13-20-25(24)30(28,22-15-8-6-9-16-22)23-17-10-7-11-18-23/h6-13,15-20H,3-5,14,21H2,1-2H3/b27-26-. The fourth-order valence-corrected chi connectivity index (χ4v) is 6.44. The quantitative estimate of drug-likeness (QED) is 0.204. The van der Waals surface area contributed by atoms with Crippen LogP contribution in [-0.2, 0) is 9.30 Å². The van der Waals surface area contributed by atoms with Crippen molar-refractivity contribution in [3.05, 3.63) is 90.5 Å². The molecule has 0 amide bonds. The van der Waals surface area contributed by atoms with E-state index in [-0.39, 0.29) is 0 Å². The molecule has 3 rings (SSSR count). The molecule has 156 valence electrons. The molecule has 0 saturated carbocycles. The molecular formula is C26H30NO2P. The van der Waals surface area contributed by atoms with Gasteiger partial charge in [-0.25, -0.2) is 0 Å². The Labute approximate surface area is 180 Å². The fraction of sp³-hybridized carbons (Fsp3) is 0.269. The van der Waals surface area contributed by atoms with Crippen molar-refractivity contribution in [1.82, 2.24) is 0 Å². The summed E-state index contributed by atoms with van der Waals surface area (Å²) in [6.45, 7) is 2.81. The molecule has 0 atom stereocenters. The van der Waals surface area contributed by atoms with Gasteiger partial charge in [-0.05, 0) is 12.5 Å². The molecule has 0 N–H and O–H groups in total. The second-order valence-corrected chi connectivity index (χ2v) is 9.97. The van der Waals surface area contributed by atoms with Gasteiger partial charge in [0.2, 0.25) is 5.90 Å². The number of unbranched alkanes of at least 4 members (excludes halogenated alkanes) is 3. The van der Waals surface area contributed by atoms with Gasteiger partial charge in [-0.3, -0.25) is 4.99 Å². The zero-order chi connectivity index (χ0) is 21.2. The first-order chi connectivity index (χ1) is 14.7. The van der Waals surface area contributed by atoms with Gasteiger partial charge in [0.25, 0.3) is 0 Å². The number of aliphatic imine (C=N–C) groups is 1. The normalized spacial score (nSPS) is 12.0. The molecule has 0 bridgehead atoms. The van der Waals surface area contributed by atoms with Crippen LogP contribution in [0.2, 0.25) is 0 Å². The number of rotatable bonds is 9. The Kier molecular flexibility index (Phi) is 8.04. The monoisotopic (exact) mass is 419 g/mol. The molecule has 0 aromatic heterocycles. The van der Waals surface area contributed by atoms with E-state index < -0.39 is 7.14 Å². The van der Waals surface area contributed by atoms with Crippen LogP contribution in [0.3, 0.4) is 0 Å². The Balaban J connectivity index is 2.05. The molecule has 0 aliphatic carbocycles. The first-order valence-corrected chi connectivity index (χ1v) is 12.3. The van der Waals surface area contributed by atoms with Gasteiger partial charge in [-0.2, -0.15) is 0 Å². The average Bonchev–Trinajstić information content (AvgIpc) is 2.82. The summed E-state index contributed by atoms with van der Waals surface area (Å²) < 4.78 is 20.8. The third kappa shape index (κ3) is 4.91. The molecule has 0 fully saturated rings. The van der Waals surface area contributed by atoms with E-state index in [9.17, 15) is 4.57 Å². The van der Waals surface area contributed by atoms with Gasteiger partial charge in [0.05, 0.1) is 6.61 Å². The molecular weight excluding hydrogens is 389 g/mol. The molecule has 0 aliphatic heterocycles. The van der Waals surface area contributed by atoms with E-state index in [4.69, 9.17) is 4.74 Å². The molecule has 0 radical (unpaired) electrons. The van der Waals surface area contributed by atoms with Gasteiger partial charge < -0.3 is 9.30 Å². The Morgan fingerprint density at radius 2 is 1.37 bits per heavy atom. The van der Waals surface area contributed by atoms with Gasteiger partial charge in [0.1, 0.15) is 0 Å². The Bertz CT molecular complexity index is 956. The molecule has 0 aliphatic rings. The smallest absolute Gasteiger partial charge is 0.216 e. The summed E-state index contributed by atoms with van der Waals surface area (Å²) in [5.41, 5.74) is 0.798. The predicted octanol–water partition coefficient (Wildman–Crippen LogP) is 5.30. The van der Waals surface area contributed by atoms with Gasteiger partial charge in [-0.1, -0.05) is 105 Å². The molecule has 3 aromatic rings.